The van der Waals surface area contributed by atoms with E-state index in [-0.39, 0.29) is 12.6 Å². The first-order chi connectivity index (χ1) is 10.6. The Kier molecular flexibility index (Phi) is 5.38. The fraction of sp³-hybridized carbons (Fsp3) is 0.235. The molecule has 0 bridgehead atoms. The van der Waals surface area contributed by atoms with Crippen LogP contribution in [0.1, 0.15) is 5.56 Å². The van der Waals surface area contributed by atoms with Crippen LogP contribution in [0, 0.1) is 0 Å². The van der Waals surface area contributed by atoms with Crippen LogP contribution >= 0.6 is 0 Å². The molecule has 0 aliphatic carbocycles. The third kappa shape index (κ3) is 4.23. The average molecular weight is 299 g/mol. The highest BCUT2D eigenvalue weighted by atomic mass is 16.3. The fourth-order valence-electron chi connectivity index (χ4n) is 2.11. The van der Waals surface area contributed by atoms with Crippen LogP contribution in [0.5, 0.6) is 0 Å². The van der Waals surface area contributed by atoms with Gasteiger partial charge in [-0.25, -0.2) is 4.79 Å². The van der Waals surface area contributed by atoms with Crippen molar-refractivity contribution in [3.63, 3.8) is 0 Å². The summed E-state index contributed by atoms with van der Waals surface area (Å²) < 4.78 is 0. The molecule has 0 atom stereocenters. The smallest absolute Gasteiger partial charge is 0.323 e. The topological polar surface area (TPSA) is 64.6 Å². The third-order valence-electron chi connectivity index (χ3n) is 3.29. The van der Waals surface area contributed by atoms with E-state index in [1.165, 1.54) is 0 Å². The van der Waals surface area contributed by atoms with E-state index in [4.69, 9.17) is 5.11 Å². The molecule has 2 aromatic carbocycles. The van der Waals surface area contributed by atoms with Crippen molar-refractivity contribution in [2.75, 3.05) is 36.2 Å². The van der Waals surface area contributed by atoms with Crippen molar-refractivity contribution < 1.29 is 9.90 Å². The Labute approximate surface area is 130 Å². The predicted molar refractivity (Wildman–Crippen MR) is 90.6 cm³/mol. The molecule has 0 aliphatic heterocycles. The molecule has 0 spiro atoms. The zero-order valence-electron chi connectivity index (χ0n) is 12.8. The molecule has 0 aliphatic rings. The van der Waals surface area contributed by atoms with Gasteiger partial charge >= 0.3 is 6.03 Å². The van der Waals surface area contributed by atoms with Gasteiger partial charge in [0.1, 0.15) is 0 Å². The van der Waals surface area contributed by atoms with Crippen molar-refractivity contribution in [1.29, 1.82) is 0 Å². The Hall–Kier alpha value is -2.53. The van der Waals surface area contributed by atoms with Gasteiger partial charge in [-0.1, -0.05) is 18.2 Å². The number of carbonyl (C=O) groups excluding carboxylic acids is 1. The lowest BCUT2D eigenvalue weighted by Gasteiger charge is -2.14. The first-order valence-electron chi connectivity index (χ1n) is 7.14. The summed E-state index contributed by atoms with van der Waals surface area (Å²) in [6.45, 7) is 0.0479. The van der Waals surface area contributed by atoms with Gasteiger partial charge in [0.2, 0.25) is 0 Å². The second kappa shape index (κ2) is 7.47. The van der Waals surface area contributed by atoms with Crippen molar-refractivity contribution in [3.8, 4) is 0 Å². The molecule has 0 heterocycles. The molecule has 2 amide bonds. The second-order valence-electron chi connectivity index (χ2n) is 5.15. The van der Waals surface area contributed by atoms with Crippen LogP contribution in [0.15, 0.2) is 48.5 Å². The summed E-state index contributed by atoms with van der Waals surface area (Å²) in [5.74, 6) is 0. The largest absolute Gasteiger partial charge is 0.396 e. The summed E-state index contributed by atoms with van der Waals surface area (Å²) in [5, 5.41) is 14.7. The van der Waals surface area contributed by atoms with E-state index in [1.807, 2.05) is 67.5 Å². The number of hydrogen-bond donors (Lipinski definition) is 3. The van der Waals surface area contributed by atoms with Crippen LogP contribution in [-0.2, 0) is 6.42 Å². The number of benzene rings is 2. The molecule has 0 fully saturated rings. The lowest BCUT2D eigenvalue weighted by molar-refractivity contribution is 0.262. The lowest BCUT2D eigenvalue weighted by Crippen LogP contribution is -2.20. The highest BCUT2D eigenvalue weighted by Crippen LogP contribution is 2.18. The molecule has 0 unspecified atom stereocenters. The highest BCUT2D eigenvalue weighted by Gasteiger charge is 2.06. The minimum atomic E-state index is -0.303. The molecule has 5 heteroatoms. The minimum absolute atomic E-state index is 0.0479. The first kappa shape index (κ1) is 15.9. The van der Waals surface area contributed by atoms with E-state index < -0.39 is 0 Å². The van der Waals surface area contributed by atoms with Crippen molar-refractivity contribution in [1.82, 2.24) is 0 Å². The van der Waals surface area contributed by atoms with Crippen LogP contribution in [-0.4, -0.2) is 31.8 Å². The Morgan fingerprint density at radius 1 is 1.05 bits per heavy atom. The fourth-order valence-corrected chi connectivity index (χ4v) is 2.11. The quantitative estimate of drug-likeness (QED) is 0.795. The van der Waals surface area contributed by atoms with E-state index in [0.717, 1.165) is 16.9 Å². The van der Waals surface area contributed by atoms with Gasteiger partial charge in [0.05, 0.1) is 0 Å². The Morgan fingerprint density at radius 2 is 1.73 bits per heavy atom. The maximum absolute atomic E-state index is 12.1. The molecule has 116 valence electrons. The Bertz CT molecular complexity index is 624. The maximum Gasteiger partial charge on any atom is 0.323 e. The Morgan fingerprint density at radius 3 is 2.36 bits per heavy atom. The van der Waals surface area contributed by atoms with Crippen LogP contribution in [0.3, 0.4) is 0 Å². The standard InChI is InChI=1S/C17H21N3O2/c1-20(2)15-9-7-14(8-10-15)18-17(22)19-16-6-4-3-5-13(16)11-12-21/h3-10,21H,11-12H2,1-2H3,(H2,18,19,22). The van der Waals surface area contributed by atoms with Gasteiger partial charge in [0.25, 0.3) is 0 Å². The second-order valence-corrected chi connectivity index (χ2v) is 5.15. The summed E-state index contributed by atoms with van der Waals surface area (Å²) in [4.78, 5) is 14.1. The number of urea groups is 1. The number of hydrogen-bond acceptors (Lipinski definition) is 3. The lowest BCUT2D eigenvalue weighted by atomic mass is 10.1. The summed E-state index contributed by atoms with van der Waals surface area (Å²) in [7, 11) is 3.93. The van der Waals surface area contributed by atoms with Crippen molar-refractivity contribution in [2.45, 2.75) is 6.42 Å². The molecule has 0 saturated heterocycles. The molecule has 0 saturated carbocycles. The summed E-state index contributed by atoms with van der Waals surface area (Å²) >= 11 is 0. The van der Waals surface area contributed by atoms with E-state index in [0.29, 0.717) is 12.1 Å². The SMILES string of the molecule is CN(C)c1ccc(NC(=O)Nc2ccccc2CCO)cc1. The van der Waals surface area contributed by atoms with Crippen LogP contribution < -0.4 is 15.5 Å². The molecular weight excluding hydrogens is 278 g/mol. The van der Waals surface area contributed by atoms with E-state index in [1.54, 1.807) is 0 Å². The zero-order valence-corrected chi connectivity index (χ0v) is 12.8. The number of nitrogens with zero attached hydrogens (tertiary/aromatic N) is 1. The zero-order chi connectivity index (χ0) is 15.9. The molecule has 22 heavy (non-hydrogen) atoms. The normalized spacial score (nSPS) is 10.1. The summed E-state index contributed by atoms with van der Waals surface area (Å²) in [5.41, 5.74) is 3.41. The summed E-state index contributed by atoms with van der Waals surface area (Å²) in [6.07, 6.45) is 0.508. The third-order valence-corrected chi connectivity index (χ3v) is 3.29. The molecule has 0 aromatic heterocycles. The van der Waals surface area contributed by atoms with Gasteiger partial charge in [0, 0.05) is 37.8 Å². The van der Waals surface area contributed by atoms with Crippen molar-refractivity contribution in [2.24, 2.45) is 0 Å². The van der Waals surface area contributed by atoms with Crippen LogP contribution in [0.25, 0.3) is 0 Å². The summed E-state index contributed by atoms with van der Waals surface area (Å²) in [6, 6.07) is 14.7. The van der Waals surface area contributed by atoms with Crippen LogP contribution in [0.2, 0.25) is 0 Å². The monoisotopic (exact) mass is 299 g/mol. The maximum atomic E-state index is 12.1. The van der Waals surface area contributed by atoms with E-state index in [9.17, 15) is 4.79 Å². The number of amides is 2. The number of aliphatic hydroxyl groups excluding tert-OH is 1. The molecule has 0 radical (unpaired) electrons. The van der Waals surface area contributed by atoms with E-state index >= 15 is 0 Å². The molecule has 2 aromatic rings. The first-order valence-corrected chi connectivity index (χ1v) is 7.14. The number of rotatable bonds is 5. The van der Waals surface area contributed by atoms with Crippen molar-refractivity contribution in [3.05, 3.63) is 54.1 Å². The molecular formula is C17H21N3O2. The minimum Gasteiger partial charge on any atom is -0.396 e. The van der Waals surface area contributed by atoms with Gasteiger partial charge in [-0.05, 0) is 42.3 Å². The molecule has 2 rings (SSSR count). The predicted octanol–water partition coefficient (Wildman–Crippen LogP) is 2.93. The van der Waals surface area contributed by atoms with E-state index in [2.05, 4.69) is 10.6 Å². The van der Waals surface area contributed by atoms with Gasteiger partial charge in [-0.2, -0.15) is 0 Å². The van der Waals surface area contributed by atoms with Crippen LogP contribution in [0.4, 0.5) is 21.9 Å². The Balaban J connectivity index is 2.01. The van der Waals surface area contributed by atoms with Gasteiger partial charge in [0.15, 0.2) is 0 Å². The number of nitrogens with one attached hydrogen (secondary N) is 2. The number of para-hydroxylation sites is 1. The van der Waals surface area contributed by atoms with Gasteiger partial charge in [-0.15, -0.1) is 0 Å². The number of aliphatic hydroxyl groups is 1. The number of carbonyl (C=O) groups is 1. The van der Waals surface area contributed by atoms with Crippen molar-refractivity contribution >= 4 is 23.1 Å². The average Bonchev–Trinajstić information content (AvgIpc) is 2.50. The van der Waals surface area contributed by atoms with Gasteiger partial charge < -0.3 is 20.6 Å². The molecule has 3 N–H and O–H groups in total. The van der Waals surface area contributed by atoms with Gasteiger partial charge in [-0.3, -0.25) is 0 Å². The highest BCUT2D eigenvalue weighted by molar-refractivity contribution is 6.00. The molecule has 5 nitrogen and oxygen atoms in total. The number of anilines is 3.